The third kappa shape index (κ3) is 12.0. The number of benzene rings is 1. The van der Waals surface area contributed by atoms with Gasteiger partial charge >= 0.3 is 25.8 Å². The van der Waals surface area contributed by atoms with Gasteiger partial charge in [-0.1, -0.05) is 134 Å². The molecule has 0 aromatic heterocycles. The molecule has 3 aromatic rings. The van der Waals surface area contributed by atoms with Crippen molar-refractivity contribution in [2.45, 2.75) is 105 Å². The summed E-state index contributed by atoms with van der Waals surface area (Å²) in [6.45, 7) is 9.31. The van der Waals surface area contributed by atoms with Gasteiger partial charge in [-0.2, -0.15) is 29.3 Å². The van der Waals surface area contributed by atoms with Crippen molar-refractivity contribution in [3.63, 3.8) is 0 Å². The fraction of sp³-hybridized carbons (Fsp3) is 0.500. The van der Waals surface area contributed by atoms with E-state index in [0.717, 1.165) is 0 Å². The molecule has 35 heavy (non-hydrogen) atoms. The second-order valence-electron chi connectivity index (χ2n) is 9.03. The fourth-order valence-electron chi connectivity index (χ4n) is 4.69. The summed E-state index contributed by atoms with van der Waals surface area (Å²) in [5.74, 6) is 0. The van der Waals surface area contributed by atoms with Crippen molar-refractivity contribution in [3.8, 4) is 11.1 Å². The molecule has 0 nitrogen and oxygen atoms in total. The van der Waals surface area contributed by atoms with E-state index in [1.807, 2.05) is 30.3 Å². The number of unbranched alkanes of at least 4 members (excludes halogenated alkanes) is 4. The van der Waals surface area contributed by atoms with Crippen LogP contribution in [0.25, 0.3) is 11.1 Å². The van der Waals surface area contributed by atoms with Crippen molar-refractivity contribution in [1.29, 1.82) is 0 Å². The Labute approximate surface area is 248 Å². The molecule has 0 bridgehead atoms. The Bertz CT molecular complexity index is 780. The van der Waals surface area contributed by atoms with Crippen molar-refractivity contribution in [2.24, 2.45) is 0 Å². The molecule has 0 spiro atoms. The van der Waals surface area contributed by atoms with E-state index in [4.69, 9.17) is 0 Å². The normalized spacial score (nSPS) is 9.83. The molecule has 0 amide bonds. The average molecular weight is 680 g/mol. The zero-order valence-corrected chi connectivity index (χ0v) is 27.6. The summed E-state index contributed by atoms with van der Waals surface area (Å²) in [7, 11) is 0. The van der Waals surface area contributed by atoms with Gasteiger partial charge in [0.2, 0.25) is 0 Å². The maximum Gasteiger partial charge on any atom is 4.00 e. The fourth-order valence-corrected chi connectivity index (χ4v) is 4.69. The van der Waals surface area contributed by atoms with E-state index in [9.17, 15) is 0 Å². The standard InChI is InChI=1S/C27H41.C5H5.2ClH.Hf/c1-5-9-18-23-24(19-10-6-2)26(21-12-8-4)27(25(23)20-11-7-3)22-16-14-13-15-17-22;1-2-4-5-3-1;;;/h13-17H,5-12,18-21H2,1-4H3;1-5H;2*1H;/q2*-1;;;+4/p-2. The summed E-state index contributed by atoms with van der Waals surface area (Å²) in [6, 6.07) is 21.3. The first-order chi connectivity index (χ1) is 15.8. The van der Waals surface area contributed by atoms with Gasteiger partial charge in [0, 0.05) is 0 Å². The summed E-state index contributed by atoms with van der Waals surface area (Å²) >= 11 is 0. The summed E-state index contributed by atoms with van der Waals surface area (Å²) in [4.78, 5) is 0. The van der Waals surface area contributed by atoms with E-state index in [0.29, 0.717) is 0 Å². The monoisotopic (exact) mass is 680 g/mol. The van der Waals surface area contributed by atoms with Crippen LogP contribution in [0.15, 0.2) is 60.7 Å². The first kappa shape index (κ1) is 36.5. The van der Waals surface area contributed by atoms with Gasteiger partial charge in [-0.05, 0) is 6.42 Å². The Morgan fingerprint density at radius 1 is 0.629 bits per heavy atom. The SMILES string of the molecule is CCCCc1c(CCCC)c(-c2ccccc2)[c-](CCCC)c1CCCC.[Cl-].[Cl-].[Hf+4].c1cc[cH-]c1. The van der Waals surface area contributed by atoms with Crippen LogP contribution < -0.4 is 24.8 Å². The van der Waals surface area contributed by atoms with E-state index in [1.54, 1.807) is 27.8 Å². The van der Waals surface area contributed by atoms with E-state index in [1.165, 1.54) is 82.6 Å². The van der Waals surface area contributed by atoms with Crippen molar-refractivity contribution in [3.05, 3.63) is 82.9 Å². The van der Waals surface area contributed by atoms with Gasteiger partial charge in [0.05, 0.1) is 0 Å². The van der Waals surface area contributed by atoms with Crippen molar-refractivity contribution >= 4 is 0 Å². The molecule has 3 aromatic carbocycles. The number of halogens is 2. The Morgan fingerprint density at radius 2 is 1.14 bits per heavy atom. The Morgan fingerprint density at radius 3 is 1.63 bits per heavy atom. The quantitative estimate of drug-likeness (QED) is 0.190. The molecule has 0 aliphatic heterocycles. The topological polar surface area (TPSA) is 0 Å². The smallest absolute Gasteiger partial charge is 1.00 e. The first-order valence-corrected chi connectivity index (χ1v) is 13.3. The van der Waals surface area contributed by atoms with Crippen LogP contribution in [0, 0.1) is 0 Å². The minimum atomic E-state index is 0. The van der Waals surface area contributed by atoms with Crippen LogP contribution in [0.2, 0.25) is 0 Å². The van der Waals surface area contributed by atoms with Crippen LogP contribution in [-0.2, 0) is 51.5 Å². The molecule has 0 N–H and O–H groups in total. The first-order valence-electron chi connectivity index (χ1n) is 13.3. The predicted molar refractivity (Wildman–Crippen MR) is 144 cm³/mol. The second kappa shape index (κ2) is 22.6. The third-order valence-electron chi connectivity index (χ3n) is 6.44. The van der Waals surface area contributed by atoms with Crippen LogP contribution in [-0.4, -0.2) is 0 Å². The van der Waals surface area contributed by atoms with E-state index < -0.39 is 0 Å². The molecule has 0 heterocycles. The second-order valence-corrected chi connectivity index (χ2v) is 9.03. The molecule has 3 rings (SSSR count). The molecular weight excluding hydrogens is 634 g/mol. The Hall–Kier alpha value is -0.630. The molecule has 0 saturated heterocycles. The average Bonchev–Trinajstić information content (AvgIpc) is 3.50. The van der Waals surface area contributed by atoms with Gasteiger partial charge < -0.3 is 24.8 Å². The van der Waals surface area contributed by atoms with Crippen molar-refractivity contribution in [2.75, 3.05) is 0 Å². The molecule has 0 saturated carbocycles. The van der Waals surface area contributed by atoms with Gasteiger partial charge in [0.1, 0.15) is 0 Å². The van der Waals surface area contributed by atoms with Gasteiger partial charge in [0.25, 0.3) is 0 Å². The van der Waals surface area contributed by atoms with E-state index in [-0.39, 0.29) is 50.7 Å². The van der Waals surface area contributed by atoms with E-state index >= 15 is 0 Å². The molecule has 0 atom stereocenters. The molecule has 0 aliphatic carbocycles. The minimum Gasteiger partial charge on any atom is -1.00 e. The van der Waals surface area contributed by atoms with Crippen LogP contribution in [0.5, 0.6) is 0 Å². The zero-order chi connectivity index (χ0) is 23.0. The largest absolute Gasteiger partial charge is 4.00 e. The maximum atomic E-state index is 2.34. The molecular formula is C32H46Cl2Hf. The maximum absolute atomic E-state index is 2.34. The number of hydrogen-bond acceptors (Lipinski definition) is 0. The predicted octanol–water partition coefficient (Wildman–Crippen LogP) is 3.85. The van der Waals surface area contributed by atoms with Gasteiger partial charge in [-0.3, -0.25) is 0 Å². The molecule has 0 fully saturated rings. The van der Waals surface area contributed by atoms with Crippen molar-refractivity contribution in [1.82, 2.24) is 0 Å². The van der Waals surface area contributed by atoms with Crippen molar-refractivity contribution < 1.29 is 50.7 Å². The summed E-state index contributed by atoms with van der Waals surface area (Å²) in [5, 5.41) is 0. The molecule has 3 heteroatoms. The molecule has 0 aliphatic rings. The number of hydrogen-bond donors (Lipinski definition) is 0. The number of rotatable bonds is 13. The third-order valence-corrected chi connectivity index (χ3v) is 6.44. The van der Waals surface area contributed by atoms with Crippen LogP contribution >= 0.6 is 0 Å². The van der Waals surface area contributed by atoms with Gasteiger partial charge in [0.15, 0.2) is 0 Å². The van der Waals surface area contributed by atoms with Crippen LogP contribution in [0.3, 0.4) is 0 Å². The van der Waals surface area contributed by atoms with Crippen LogP contribution in [0.4, 0.5) is 0 Å². The molecule has 192 valence electrons. The van der Waals surface area contributed by atoms with Gasteiger partial charge in [-0.15, -0.1) is 16.7 Å². The summed E-state index contributed by atoms with van der Waals surface area (Å²) in [6.07, 6.45) is 15.5. The molecule has 0 radical (unpaired) electrons. The van der Waals surface area contributed by atoms with Gasteiger partial charge in [-0.25, -0.2) is 12.1 Å². The Kier molecular flexibility index (Phi) is 23.5. The minimum absolute atomic E-state index is 0. The summed E-state index contributed by atoms with van der Waals surface area (Å²) < 4.78 is 0. The van der Waals surface area contributed by atoms with Crippen LogP contribution in [0.1, 0.15) is 101 Å². The molecule has 0 unspecified atom stereocenters. The van der Waals surface area contributed by atoms with E-state index in [2.05, 4.69) is 58.0 Å². The Balaban J connectivity index is 0. The summed E-state index contributed by atoms with van der Waals surface area (Å²) in [5.41, 5.74) is 9.96. The zero-order valence-electron chi connectivity index (χ0n) is 22.5.